The molecule has 0 radical (unpaired) electrons. The van der Waals surface area contributed by atoms with Crippen molar-refractivity contribution in [3.05, 3.63) is 46.7 Å². The van der Waals surface area contributed by atoms with Crippen LogP contribution in [-0.4, -0.2) is 50.4 Å². The highest BCUT2D eigenvalue weighted by Crippen LogP contribution is 2.39. The molecule has 0 N–H and O–H groups in total. The molecule has 0 bridgehead atoms. The number of hydrogen-bond acceptors (Lipinski definition) is 5. The van der Waals surface area contributed by atoms with E-state index in [1.807, 2.05) is 6.07 Å². The smallest absolute Gasteiger partial charge is 0.246 e. The standard InChI is InChI=1S/C22H30N2O3S2/c1-18(2)13-24-16-22(8-10-23(11-9-22)14-19-7-12-28-15-19)17-27-20-5-3-4-6-21(20)29(24,25)26/h3-7,12,15,18H,8-11,13-14,16-17H2,1-2H3. The van der Waals surface area contributed by atoms with Crippen molar-refractivity contribution in [3.8, 4) is 5.75 Å². The van der Waals surface area contributed by atoms with E-state index in [1.165, 1.54) is 5.56 Å². The number of hydrogen-bond donors (Lipinski definition) is 0. The van der Waals surface area contributed by atoms with Crippen LogP contribution in [0.2, 0.25) is 0 Å². The van der Waals surface area contributed by atoms with Crippen LogP contribution in [0.25, 0.3) is 0 Å². The number of ether oxygens (including phenoxy) is 1. The zero-order valence-electron chi connectivity index (χ0n) is 17.2. The molecule has 1 spiro atoms. The van der Waals surface area contributed by atoms with E-state index in [-0.39, 0.29) is 11.3 Å². The predicted octanol–water partition coefficient (Wildman–Crippen LogP) is 4.07. The third kappa shape index (κ3) is 4.53. The number of piperidine rings is 1. The molecule has 2 aliphatic rings. The quantitative estimate of drug-likeness (QED) is 0.728. The van der Waals surface area contributed by atoms with Crippen LogP contribution in [0.1, 0.15) is 32.3 Å². The number of para-hydroxylation sites is 1. The molecule has 2 aliphatic heterocycles. The summed E-state index contributed by atoms with van der Waals surface area (Å²) in [5.74, 6) is 0.758. The van der Waals surface area contributed by atoms with Gasteiger partial charge < -0.3 is 4.74 Å². The fourth-order valence-electron chi connectivity index (χ4n) is 4.36. The average molecular weight is 435 g/mol. The van der Waals surface area contributed by atoms with Gasteiger partial charge in [-0.25, -0.2) is 8.42 Å². The zero-order valence-corrected chi connectivity index (χ0v) is 18.8. The highest BCUT2D eigenvalue weighted by molar-refractivity contribution is 7.89. The van der Waals surface area contributed by atoms with Gasteiger partial charge in [0.25, 0.3) is 0 Å². The minimum absolute atomic E-state index is 0.138. The van der Waals surface area contributed by atoms with Gasteiger partial charge in [-0.2, -0.15) is 15.6 Å². The first-order chi connectivity index (χ1) is 13.9. The van der Waals surface area contributed by atoms with E-state index in [0.717, 1.165) is 32.5 Å². The van der Waals surface area contributed by atoms with Crippen molar-refractivity contribution in [3.63, 3.8) is 0 Å². The maximum Gasteiger partial charge on any atom is 0.246 e. The van der Waals surface area contributed by atoms with Crippen molar-refractivity contribution in [1.29, 1.82) is 0 Å². The van der Waals surface area contributed by atoms with Gasteiger partial charge >= 0.3 is 0 Å². The Morgan fingerprint density at radius 1 is 1.17 bits per heavy atom. The topological polar surface area (TPSA) is 49.9 Å². The van der Waals surface area contributed by atoms with Crippen molar-refractivity contribution in [2.24, 2.45) is 11.3 Å². The van der Waals surface area contributed by atoms with Gasteiger partial charge in [-0.05, 0) is 66.4 Å². The second kappa shape index (κ2) is 8.38. The van der Waals surface area contributed by atoms with Crippen molar-refractivity contribution < 1.29 is 13.2 Å². The summed E-state index contributed by atoms with van der Waals surface area (Å²) in [7, 11) is -3.57. The molecule has 7 heteroatoms. The normalized spacial score (nSPS) is 22.0. The Kier molecular flexibility index (Phi) is 6.02. The van der Waals surface area contributed by atoms with Gasteiger partial charge in [0.1, 0.15) is 10.6 Å². The molecule has 3 heterocycles. The van der Waals surface area contributed by atoms with E-state index < -0.39 is 10.0 Å². The molecule has 0 atom stereocenters. The summed E-state index contributed by atoms with van der Waals surface area (Å²) in [5.41, 5.74) is 1.22. The van der Waals surface area contributed by atoms with Gasteiger partial charge in [-0.15, -0.1) is 0 Å². The van der Waals surface area contributed by atoms with Gasteiger partial charge in [-0.1, -0.05) is 26.0 Å². The van der Waals surface area contributed by atoms with Crippen molar-refractivity contribution in [2.45, 2.75) is 38.1 Å². The summed E-state index contributed by atoms with van der Waals surface area (Å²) >= 11 is 1.73. The van der Waals surface area contributed by atoms with Crippen LogP contribution >= 0.6 is 11.3 Å². The third-order valence-corrected chi connectivity index (χ3v) is 8.57. The van der Waals surface area contributed by atoms with Crippen LogP contribution in [0.3, 0.4) is 0 Å². The van der Waals surface area contributed by atoms with E-state index in [4.69, 9.17) is 4.74 Å². The summed E-state index contributed by atoms with van der Waals surface area (Å²) in [6.07, 6.45) is 1.90. The Balaban J connectivity index is 1.57. The number of rotatable bonds is 4. The van der Waals surface area contributed by atoms with Crippen LogP contribution < -0.4 is 4.74 Å². The highest BCUT2D eigenvalue weighted by atomic mass is 32.2. The first-order valence-electron chi connectivity index (χ1n) is 10.3. The minimum atomic E-state index is -3.57. The first kappa shape index (κ1) is 20.8. The molecule has 2 aromatic rings. The fraction of sp³-hybridized carbons (Fsp3) is 0.545. The summed E-state index contributed by atoms with van der Waals surface area (Å²) in [5, 5.41) is 4.33. The van der Waals surface area contributed by atoms with Crippen LogP contribution in [0.4, 0.5) is 0 Å². The van der Waals surface area contributed by atoms with Gasteiger partial charge in [0, 0.05) is 25.0 Å². The summed E-state index contributed by atoms with van der Waals surface area (Å²) in [6, 6.07) is 9.25. The van der Waals surface area contributed by atoms with Gasteiger partial charge in [0.15, 0.2) is 0 Å². The average Bonchev–Trinajstić information content (AvgIpc) is 3.20. The number of likely N-dealkylation sites (tertiary alicyclic amines) is 1. The first-order valence-corrected chi connectivity index (χ1v) is 12.7. The maximum atomic E-state index is 13.5. The maximum absolute atomic E-state index is 13.5. The van der Waals surface area contributed by atoms with Crippen molar-refractivity contribution >= 4 is 21.4 Å². The largest absolute Gasteiger partial charge is 0.492 e. The second-order valence-electron chi connectivity index (χ2n) is 8.83. The molecule has 158 valence electrons. The molecule has 0 saturated carbocycles. The van der Waals surface area contributed by atoms with Gasteiger partial charge in [0.2, 0.25) is 10.0 Å². The highest BCUT2D eigenvalue weighted by Gasteiger charge is 2.42. The van der Waals surface area contributed by atoms with Crippen LogP contribution in [0, 0.1) is 11.3 Å². The SMILES string of the molecule is CC(C)CN1CC2(CCN(Cc3ccsc3)CC2)COc2ccccc2S1(=O)=O. The Labute approximate surface area is 178 Å². The number of fused-ring (bicyclic) bond motifs is 1. The molecule has 1 fully saturated rings. The van der Waals surface area contributed by atoms with Gasteiger partial charge in [0.05, 0.1) is 6.61 Å². The Bertz CT molecular complexity index is 917. The monoisotopic (exact) mass is 434 g/mol. The lowest BCUT2D eigenvalue weighted by atomic mass is 9.78. The van der Waals surface area contributed by atoms with E-state index in [9.17, 15) is 8.42 Å². The molecule has 4 rings (SSSR count). The molecule has 29 heavy (non-hydrogen) atoms. The summed E-state index contributed by atoms with van der Waals surface area (Å²) < 4.78 is 34.7. The second-order valence-corrected chi connectivity index (χ2v) is 11.5. The lowest BCUT2D eigenvalue weighted by molar-refractivity contribution is 0.0311. The molecule has 1 aromatic heterocycles. The minimum Gasteiger partial charge on any atom is -0.492 e. The Hall–Kier alpha value is -1.41. The van der Waals surface area contributed by atoms with Crippen LogP contribution in [0.15, 0.2) is 46.0 Å². The number of benzene rings is 1. The lowest BCUT2D eigenvalue weighted by Crippen LogP contribution is -2.52. The lowest BCUT2D eigenvalue weighted by Gasteiger charge is -2.45. The van der Waals surface area contributed by atoms with Crippen molar-refractivity contribution in [2.75, 3.05) is 32.8 Å². The molecule has 0 aliphatic carbocycles. The molecule has 1 aromatic carbocycles. The predicted molar refractivity (Wildman–Crippen MR) is 117 cm³/mol. The van der Waals surface area contributed by atoms with Gasteiger partial charge in [-0.3, -0.25) is 4.90 Å². The van der Waals surface area contributed by atoms with E-state index >= 15 is 0 Å². The molecular weight excluding hydrogens is 404 g/mol. The molecule has 1 saturated heterocycles. The zero-order chi connectivity index (χ0) is 20.5. The van der Waals surface area contributed by atoms with Crippen molar-refractivity contribution in [1.82, 2.24) is 9.21 Å². The number of sulfonamides is 1. The third-order valence-electron chi connectivity index (χ3n) is 5.98. The number of thiophene rings is 1. The molecule has 5 nitrogen and oxygen atoms in total. The fourth-order valence-corrected chi connectivity index (χ4v) is 6.86. The summed E-state index contributed by atoms with van der Waals surface area (Å²) in [4.78, 5) is 2.77. The Morgan fingerprint density at radius 2 is 1.93 bits per heavy atom. The van der Waals surface area contributed by atoms with E-state index in [1.54, 1.807) is 33.8 Å². The van der Waals surface area contributed by atoms with E-state index in [0.29, 0.717) is 30.3 Å². The van der Waals surface area contributed by atoms with Crippen LogP contribution in [-0.2, 0) is 16.6 Å². The molecular formula is C22H30N2O3S2. The Morgan fingerprint density at radius 3 is 2.62 bits per heavy atom. The molecule has 0 unspecified atom stereocenters. The van der Waals surface area contributed by atoms with E-state index in [2.05, 4.69) is 35.6 Å². The number of nitrogens with zero attached hydrogens (tertiary/aromatic N) is 2. The summed E-state index contributed by atoms with van der Waals surface area (Å²) in [6.45, 7) is 8.70. The van der Waals surface area contributed by atoms with Crippen LogP contribution in [0.5, 0.6) is 5.75 Å². The molecule has 0 amide bonds.